The van der Waals surface area contributed by atoms with Crippen molar-refractivity contribution in [3.63, 3.8) is 0 Å². The third-order valence-corrected chi connectivity index (χ3v) is 2.25. The van der Waals surface area contributed by atoms with Gasteiger partial charge < -0.3 is 14.6 Å². The maximum Gasteiger partial charge on any atom is 0.335 e. The molecule has 0 bridgehead atoms. The van der Waals surface area contributed by atoms with Gasteiger partial charge in [-0.15, -0.1) is 0 Å². The molecule has 1 aliphatic carbocycles. The second-order valence-electron chi connectivity index (χ2n) is 3.31. The summed E-state index contributed by atoms with van der Waals surface area (Å²) in [5.74, 6) is -0.283. The summed E-state index contributed by atoms with van der Waals surface area (Å²) in [7, 11) is 0. The first-order valence-corrected chi connectivity index (χ1v) is 4.44. The van der Waals surface area contributed by atoms with E-state index in [2.05, 4.69) is 0 Å². The minimum absolute atomic E-state index is 0.134. The fraction of sp³-hybridized carbons (Fsp3) is 0.667. The van der Waals surface area contributed by atoms with E-state index in [-0.39, 0.29) is 12.1 Å². The van der Waals surface area contributed by atoms with Crippen LogP contribution in [-0.2, 0) is 14.3 Å². The van der Waals surface area contributed by atoms with Crippen molar-refractivity contribution in [2.45, 2.75) is 31.2 Å². The standard InChI is InChI=1S/C9H12O4/c10-6-1-2-7(5-6)13-8-3-4-12-9(8)11/h1-2,6-8,10H,3-5H2/t6-,7+,8-/m1/s1. The molecule has 1 fully saturated rings. The van der Waals surface area contributed by atoms with Gasteiger partial charge in [0.15, 0.2) is 6.10 Å². The van der Waals surface area contributed by atoms with Gasteiger partial charge in [0.1, 0.15) is 0 Å². The Bertz CT molecular complexity index is 236. The molecule has 1 heterocycles. The fourth-order valence-corrected chi connectivity index (χ4v) is 1.56. The Morgan fingerprint density at radius 3 is 2.92 bits per heavy atom. The van der Waals surface area contributed by atoms with Crippen LogP contribution in [0.3, 0.4) is 0 Å². The molecule has 3 atom stereocenters. The maximum absolute atomic E-state index is 11.0. The zero-order chi connectivity index (χ0) is 9.26. The third-order valence-electron chi connectivity index (χ3n) is 2.25. The van der Waals surface area contributed by atoms with Crippen LogP contribution in [0.4, 0.5) is 0 Å². The van der Waals surface area contributed by atoms with E-state index >= 15 is 0 Å². The molecule has 0 radical (unpaired) electrons. The molecule has 2 rings (SSSR count). The summed E-state index contributed by atoms with van der Waals surface area (Å²) in [6.07, 6.45) is 3.65. The van der Waals surface area contributed by atoms with Crippen LogP contribution in [0.25, 0.3) is 0 Å². The number of rotatable bonds is 2. The number of hydrogen-bond acceptors (Lipinski definition) is 4. The third kappa shape index (κ3) is 1.89. The van der Waals surface area contributed by atoms with Crippen LogP contribution in [0.2, 0.25) is 0 Å². The van der Waals surface area contributed by atoms with Crippen molar-refractivity contribution in [1.29, 1.82) is 0 Å². The molecule has 1 aliphatic heterocycles. The average molecular weight is 184 g/mol. The topological polar surface area (TPSA) is 55.8 Å². The van der Waals surface area contributed by atoms with Crippen LogP contribution < -0.4 is 0 Å². The van der Waals surface area contributed by atoms with E-state index in [4.69, 9.17) is 14.6 Å². The van der Waals surface area contributed by atoms with Crippen molar-refractivity contribution in [1.82, 2.24) is 0 Å². The van der Waals surface area contributed by atoms with Crippen molar-refractivity contribution in [3.05, 3.63) is 12.2 Å². The quantitative estimate of drug-likeness (QED) is 0.485. The van der Waals surface area contributed by atoms with E-state index in [0.717, 1.165) is 0 Å². The van der Waals surface area contributed by atoms with Crippen molar-refractivity contribution < 1.29 is 19.4 Å². The van der Waals surface area contributed by atoms with Crippen molar-refractivity contribution in [2.75, 3.05) is 6.61 Å². The average Bonchev–Trinajstić information content (AvgIpc) is 2.64. The molecule has 0 aromatic heterocycles. The monoisotopic (exact) mass is 184 g/mol. The number of carbonyl (C=O) groups is 1. The van der Waals surface area contributed by atoms with Crippen LogP contribution in [0, 0.1) is 0 Å². The van der Waals surface area contributed by atoms with Crippen LogP contribution in [0.5, 0.6) is 0 Å². The first kappa shape index (κ1) is 8.72. The van der Waals surface area contributed by atoms with E-state index in [0.29, 0.717) is 19.4 Å². The fourth-order valence-electron chi connectivity index (χ4n) is 1.56. The van der Waals surface area contributed by atoms with Gasteiger partial charge in [0.25, 0.3) is 0 Å². The predicted molar refractivity (Wildman–Crippen MR) is 44.0 cm³/mol. The highest BCUT2D eigenvalue weighted by atomic mass is 16.6. The highest BCUT2D eigenvalue weighted by molar-refractivity contribution is 5.76. The SMILES string of the molecule is O=C1OCC[C@H]1O[C@H]1C=C[C@@H](O)C1. The summed E-state index contributed by atoms with van der Waals surface area (Å²) in [4.78, 5) is 11.0. The lowest BCUT2D eigenvalue weighted by Crippen LogP contribution is -2.24. The number of aliphatic hydroxyl groups excluding tert-OH is 1. The molecule has 4 heteroatoms. The van der Waals surface area contributed by atoms with Crippen molar-refractivity contribution in [2.24, 2.45) is 0 Å². The van der Waals surface area contributed by atoms with Gasteiger partial charge in [-0.25, -0.2) is 4.79 Å². The first-order valence-electron chi connectivity index (χ1n) is 4.44. The molecule has 72 valence electrons. The molecule has 2 aliphatic rings. The molecule has 0 aromatic carbocycles. The summed E-state index contributed by atoms with van der Waals surface area (Å²) in [6, 6.07) is 0. The van der Waals surface area contributed by atoms with E-state index in [1.165, 1.54) is 0 Å². The zero-order valence-electron chi connectivity index (χ0n) is 7.18. The molecule has 0 aromatic rings. The van der Waals surface area contributed by atoms with Gasteiger partial charge in [-0.2, -0.15) is 0 Å². The molecular formula is C9H12O4. The summed E-state index contributed by atoms with van der Waals surface area (Å²) in [6.45, 7) is 0.447. The van der Waals surface area contributed by atoms with Gasteiger partial charge in [-0.3, -0.25) is 0 Å². The largest absolute Gasteiger partial charge is 0.464 e. The Morgan fingerprint density at radius 1 is 1.54 bits per heavy atom. The number of cyclic esters (lactones) is 1. The number of ether oxygens (including phenoxy) is 2. The van der Waals surface area contributed by atoms with Crippen LogP contribution in [0.1, 0.15) is 12.8 Å². The minimum Gasteiger partial charge on any atom is -0.464 e. The molecule has 1 saturated heterocycles. The number of aliphatic hydroxyl groups is 1. The Labute approximate surface area is 76.1 Å². The highest BCUT2D eigenvalue weighted by Crippen LogP contribution is 2.19. The van der Waals surface area contributed by atoms with E-state index in [1.807, 2.05) is 0 Å². The lowest BCUT2D eigenvalue weighted by molar-refractivity contribution is -0.149. The lowest BCUT2D eigenvalue weighted by atomic mass is 10.2. The highest BCUT2D eigenvalue weighted by Gasteiger charge is 2.31. The van der Waals surface area contributed by atoms with Gasteiger partial charge in [0.2, 0.25) is 0 Å². The van der Waals surface area contributed by atoms with Gasteiger partial charge in [-0.1, -0.05) is 12.2 Å². The van der Waals surface area contributed by atoms with Crippen LogP contribution >= 0.6 is 0 Å². The maximum atomic E-state index is 11.0. The van der Waals surface area contributed by atoms with E-state index in [1.54, 1.807) is 12.2 Å². The first-order chi connectivity index (χ1) is 6.25. The van der Waals surface area contributed by atoms with E-state index < -0.39 is 12.2 Å². The predicted octanol–water partition coefficient (Wildman–Crippen LogP) is 0.00790. The number of esters is 1. The minimum atomic E-state index is -0.431. The Balaban J connectivity index is 1.85. The Kier molecular flexibility index (Phi) is 2.33. The van der Waals surface area contributed by atoms with Gasteiger partial charge >= 0.3 is 5.97 Å². The normalized spacial score (nSPS) is 38.2. The summed E-state index contributed by atoms with van der Waals surface area (Å²) >= 11 is 0. The second kappa shape index (κ2) is 3.47. The number of carbonyl (C=O) groups excluding carboxylic acids is 1. The second-order valence-corrected chi connectivity index (χ2v) is 3.31. The molecule has 1 N–H and O–H groups in total. The van der Waals surface area contributed by atoms with Gasteiger partial charge in [0.05, 0.1) is 18.8 Å². The smallest absolute Gasteiger partial charge is 0.335 e. The molecule has 0 saturated carbocycles. The molecule has 4 nitrogen and oxygen atoms in total. The number of hydrogen-bond donors (Lipinski definition) is 1. The Morgan fingerprint density at radius 2 is 2.38 bits per heavy atom. The molecule has 13 heavy (non-hydrogen) atoms. The summed E-state index contributed by atoms with van der Waals surface area (Å²) in [5.41, 5.74) is 0. The van der Waals surface area contributed by atoms with Crippen molar-refractivity contribution >= 4 is 5.97 Å². The molecular weight excluding hydrogens is 172 g/mol. The van der Waals surface area contributed by atoms with Gasteiger partial charge in [0, 0.05) is 12.8 Å². The van der Waals surface area contributed by atoms with Crippen LogP contribution in [-0.4, -0.2) is 36.0 Å². The van der Waals surface area contributed by atoms with Crippen molar-refractivity contribution in [3.8, 4) is 0 Å². The molecule has 0 spiro atoms. The van der Waals surface area contributed by atoms with Gasteiger partial charge in [-0.05, 0) is 0 Å². The lowest BCUT2D eigenvalue weighted by Gasteiger charge is -2.13. The summed E-state index contributed by atoms with van der Waals surface area (Å²) in [5, 5.41) is 9.16. The molecule has 0 unspecified atom stereocenters. The van der Waals surface area contributed by atoms with E-state index in [9.17, 15) is 4.79 Å². The summed E-state index contributed by atoms with van der Waals surface area (Å²) < 4.78 is 10.2. The zero-order valence-corrected chi connectivity index (χ0v) is 7.18. The molecule has 0 amide bonds. The Hall–Kier alpha value is -0.870. The van der Waals surface area contributed by atoms with Crippen LogP contribution in [0.15, 0.2) is 12.2 Å².